The maximum atomic E-state index is 12.7. The van der Waals surface area contributed by atoms with Crippen molar-refractivity contribution in [2.24, 2.45) is 5.92 Å². The van der Waals surface area contributed by atoms with E-state index in [1.54, 1.807) is 6.08 Å². The van der Waals surface area contributed by atoms with E-state index in [0.29, 0.717) is 5.70 Å². The average molecular weight is 315 g/mol. The highest BCUT2D eigenvalue weighted by Gasteiger charge is 2.42. The summed E-state index contributed by atoms with van der Waals surface area (Å²) in [6.07, 6.45) is 1.91. The third-order valence-corrected chi connectivity index (χ3v) is 3.95. The molecular formula is C19H25NO3. The number of carbonyl (C=O) groups is 2. The predicted molar refractivity (Wildman–Crippen MR) is 90.7 cm³/mol. The van der Waals surface area contributed by atoms with E-state index in [1.807, 2.05) is 65.0 Å². The van der Waals surface area contributed by atoms with Crippen molar-refractivity contribution < 1.29 is 14.3 Å². The molecule has 0 fully saturated rings. The first kappa shape index (κ1) is 17.3. The summed E-state index contributed by atoms with van der Waals surface area (Å²) >= 11 is 0. The second kappa shape index (κ2) is 6.57. The minimum atomic E-state index is -0.607. The fourth-order valence-corrected chi connectivity index (χ4v) is 2.68. The van der Waals surface area contributed by atoms with E-state index in [0.717, 1.165) is 12.0 Å². The summed E-state index contributed by atoms with van der Waals surface area (Å²) in [5.41, 5.74) is 0.859. The van der Waals surface area contributed by atoms with Crippen molar-refractivity contribution in [3.63, 3.8) is 0 Å². The van der Waals surface area contributed by atoms with Crippen LogP contribution in [0, 0.1) is 5.92 Å². The Morgan fingerprint density at radius 3 is 2.39 bits per heavy atom. The smallest absolute Gasteiger partial charge is 0.415 e. The molecule has 0 aromatic heterocycles. The van der Waals surface area contributed by atoms with Crippen LogP contribution in [0.15, 0.2) is 36.4 Å². The Kier molecular flexibility index (Phi) is 4.93. The van der Waals surface area contributed by atoms with Crippen LogP contribution in [-0.2, 0) is 9.53 Å². The molecule has 0 saturated carbocycles. The SMILES string of the molecule is CC[C@H](C)[C@H]1C(=O)C=C(c2ccccc2)N1C(=O)OC(C)(C)C. The van der Waals surface area contributed by atoms with Crippen molar-refractivity contribution in [3.05, 3.63) is 42.0 Å². The van der Waals surface area contributed by atoms with Gasteiger partial charge in [-0.1, -0.05) is 50.6 Å². The zero-order valence-electron chi connectivity index (χ0n) is 14.5. The summed E-state index contributed by atoms with van der Waals surface area (Å²) in [4.78, 5) is 26.8. The Bertz CT molecular complexity index is 613. The van der Waals surface area contributed by atoms with Crippen LogP contribution in [0.1, 0.15) is 46.6 Å². The molecule has 0 unspecified atom stereocenters. The molecule has 1 heterocycles. The van der Waals surface area contributed by atoms with Crippen LogP contribution in [0.25, 0.3) is 5.70 Å². The molecule has 0 N–H and O–H groups in total. The summed E-state index contributed by atoms with van der Waals surface area (Å²) in [6, 6.07) is 9.00. The Balaban J connectivity index is 2.42. The highest BCUT2D eigenvalue weighted by atomic mass is 16.6. The lowest BCUT2D eigenvalue weighted by atomic mass is 9.96. The van der Waals surface area contributed by atoms with Gasteiger partial charge in [-0.05, 0) is 32.3 Å². The summed E-state index contributed by atoms with van der Waals surface area (Å²) in [5, 5.41) is 0. The number of ketones is 1. The quantitative estimate of drug-likeness (QED) is 0.837. The Hall–Kier alpha value is -2.10. The van der Waals surface area contributed by atoms with Gasteiger partial charge < -0.3 is 4.74 Å². The largest absolute Gasteiger partial charge is 0.443 e. The van der Waals surface area contributed by atoms with Gasteiger partial charge >= 0.3 is 6.09 Å². The molecule has 1 aliphatic heterocycles. The second-order valence-electron chi connectivity index (χ2n) is 6.98. The number of nitrogens with zero attached hydrogens (tertiary/aromatic N) is 1. The van der Waals surface area contributed by atoms with Crippen molar-refractivity contribution in [2.75, 3.05) is 0 Å². The van der Waals surface area contributed by atoms with Crippen LogP contribution in [0.4, 0.5) is 4.79 Å². The maximum Gasteiger partial charge on any atom is 0.415 e. The van der Waals surface area contributed by atoms with Crippen molar-refractivity contribution >= 4 is 17.6 Å². The standard InChI is InChI=1S/C19H25NO3/c1-6-13(2)17-16(21)12-15(14-10-8-7-9-11-14)20(17)18(22)23-19(3,4)5/h7-13,17H,6H2,1-5H3/t13-,17-/m0/s1. The number of hydrogen-bond acceptors (Lipinski definition) is 3. The van der Waals surface area contributed by atoms with Gasteiger partial charge in [0.1, 0.15) is 11.6 Å². The molecule has 1 aliphatic rings. The van der Waals surface area contributed by atoms with Crippen LogP contribution in [0.2, 0.25) is 0 Å². The molecule has 2 rings (SSSR count). The molecule has 0 bridgehead atoms. The lowest BCUT2D eigenvalue weighted by Crippen LogP contribution is -2.45. The number of ether oxygens (including phenoxy) is 1. The molecule has 0 aliphatic carbocycles. The highest BCUT2D eigenvalue weighted by Crippen LogP contribution is 2.34. The van der Waals surface area contributed by atoms with Gasteiger partial charge in [0.2, 0.25) is 0 Å². The van der Waals surface area contributed by atoms with E-state index in [-0.39, 0.29) is 11.7 Å². The van der Waals surface area contributed by atoms with Crippen molar-refractivity contribution in [3.8, 4) is 0 Å². The van der Waals surface area contributed by atoms with E-state index in [1.165, 1.54) is 4.90 Å². The van der Waals surface area contributed by atoms with E-state index in [9.17, 15) is 9.59 Å². The molecule has 1 aromatic carbocycles. The first-order chi connectivity index (χ1) is 10.7. The zero-order chi connectivity index (χ0) is 17.2. The number of rotatable bonds is 3. The van der Waals surface area contributed by atoms with Crippen LogP contribution in [0.5, 0.6) is 0 Å². The number of amides is 1. The zero-order valence-corrected chi connectivity index (χ0v) is 14.5. The van der Waals surface area contributed by atoms with Crippen LogP contribution in [0.3, 0.4) is 0 Å². The first-order valence-corrected chi connectivity index (χ1v) is 8.07. The maximum absolute atomic E-state index is 12.7. The van der Waals surface area contributed by atoms with Crippen molar-refractivity contribution in [1.29, 1.82) is 0 Å². The summed E-state index contributed by atoms with van der Waals surface area (Å²) in [6.45, 7) is 9.49. The van der Waals surface area contributed by atoms with Crippen molar-refractivity contribution in [2.45, 2.75) is 52.7 Å². The van der Waals surface area contributed by atoms with Gasteiger partial charge in [0.25, 0.3) is 0 Å². The number of hydrogen-bond donors (Lipinski definition) is 0. The molecule has 0 radical (unpaired) electrons. The van der Waals surface area contributed by atoms with Gasteiger partial charge in [-0.3, -0.25) is 9.69 Å². The Morgan fingerprint density at radius 2 is 1.87 bits per heavy atom. The predicted octanol–water partition coefficient (Wildman–Crippen LogP) is 4.26. The molecule has 4 nitrogen and oxygen atoms in total. The van der Waals surface area contributed by atoms with E-state index in [2.05, 4.69) is 0 Å². The van der Waals surface area contributed by atoms with Gasteiger partial charge in [-0.15, -0.1) is 0 Å². The monoisotopic (exact) mass is 315 g/mol. The van der Waals surface area contributed by atoms with Crippen LogP contribution >= 0.6 is 0 Å². The Morgan fingerprint density at radius 1 is 1.26 bits per heavy atom. The van der Waals surface area contributed by atoms with Gasteiger partial charge in [0.05, 0.1) is 5.70 Å². The van der Waals surface area contributed by atoms with E-state index >= 15 is 0 Å². The van der Waals surface area contributed by atoms with Gasteiger partial charge in [0, 0.05) is 6.08 Å². The normalized spacial score (nSPS) is 19.5. The number of benzene rings is 1. The minimum Gasteiger partial charge on any atom is -0.443 e. The van der Waals surface area contributed by atoms with E-state index < -0.39 is 17.7 Å². The van der Waals surface area contributed by atoms with E-state index in [4.69, 9.17) is 4.74 Å². The van der Waals surface area contributed by atoms with Crippen LogP contribution in [-0.4, -0.2) is 28.4 Å². The number of carbonyl (C=O) groups excluding carboxylic acids is 2. The van der Waals surface area contributed by atoms with Gasteiger partial charge in [-0.2, -0.15) is 0 Å². The topological polar surface area (TPSA) is 46.6 Å². The fourth-order valence-electron chi connectivity index (χ4n) is 2.68. The minimum absolute atomic E-state index is 0.0379. The third kappa shape index (κ3) is 3.81. The molecular weight excluding hydrogens is 290 g/mol. The second-order valence-corrected chi connectivity index (χ2v) is 6.98. The molecule has 0 spiro atoms. The molecule has 4 heteroatoms. The average Bonchev–Trinajstić information content (AvgIpc) is 2.83. The molecule has 0 saturated heterocycles. The van der Waals surface area contributed by atoms with Crippen LogP contribution < -0.4 is 0 Å². The van der Waals surface area contributed by atoms with Gasteiger partial charge in [-0.25, -0.2) is 4.79 Å². The summed E-state index contributed by atoms with van der Waals surface area (Å²) < 4.78 is 5.54. The van der Waals surface area contributed by atoms with Gasteiger partial charge in [0.15, 0.2) is 5.78 Å². The Labute approximate surface area is 138 Å². The molecule has 124 valence electrons. The third-order valence-electron chi connectivity index (χ3n) is 3.95. The summed E-state index contributed by atoms with van der Waals surface area (Å²) in [7, 11) is 0. The lowest BCUT2D eigenvalue weighted by molar-refractivity contribution is -0.118. The van der Waals surface area contributed by atoms with Crippen molar-refractivity contribution in [1.82, 2.24) is 4.90 Å². The molecule has 1 amide bonds. The molecule has 2 atom stereocenters. The highest BCUT2D eigenvalue weighted by molar-refractivity contribution is 6.09. The fraction of sp³-hybridized carbons (Fsp3) is 0.474. The summed E-state index contributed by atoms with van der Waals surface area (Å²) in [5.74, 6) is 0.0246. The molecule has 23 heavy (non-hydrogen) atoms. The lowest BCUT2D eigenvalue weighted by Gasteiger charge is -2.32. The molecule has 1 aromatic rings. The first-order valence-electron chi connectivity index (χ1n) is 8.07.